The molecule has 0 aromatic heterocycles. The van der Waals surface area contributed by atoms with Crippen molar-refractivity contribution in [2.45, 2.75) is 6.54 Å². The molecule has 3 nitrogen and oxygen atoms in total. The van der Waals surface area contributed by atoms with Crippen molar-refractivity contribution in [1.29, 1.82) is 0 Å². The van der Waals surface area contributed by atoms with Crippen LogP contribution in [0.5, 0.6) is 0 Å². The Morgan fingerprint density at radius 1 is 1.14 bits per heavy atom. The van der Waals surface area contributed by atoms with Gasteiger partial charge >= 0.3 is 0 Å². The van der Waals surface area contributed by atoms with Crippen LogP contribution in [0.25, 0.3) is 0 Å². The number of carbonyl (C=O) groups is 1. The minimum atomic E-state index is -0.504. The monoisotopic (exact) mass is 324 g/mol. The molecular weight excluding hydrogens is 310 g/mol. The number of hydrogen-bond donors (Lipinski definition) is 1. The van der Waals surface area contributed by atoms with E-state index in [1.54, 1.807) is 24.1 Å². The smallest absolute Gasteiger partial charge is 0.238 e. The number of rotatable bonds is 5. The van der Waals surface area contributed by atoms with Crippen molar-refractivity contribution in [1.82, 2.24) is 4.90 Å². The fraction of sp³-hybridized carbons (Fsp3) is 0.188. The van der Waals surface area contributed by atoms with Crippen molar-refractivity contribution in [2.24, 2.45) is 0 Å². The normalized spacial score (nSPS) is 10.8. The van der Waals surface area contributed by atoms with Crippen LogP contribution >= 0.6 is 11.6 Å². The lowest BCUT2D eigenvalue weighted by atomic mass is 10.2. The van der Waals surface area contributed by atoms with E-state index in [4.69, 9.17) is 11.6 Å². The molecule has 2 rings (SSSR count). The minimum Gasteiger partial charge on any atom is -0.322 e. The summed E-state index contributed by atoms with van der Waals surface area (Å²) < 4.78 is 27.1. The van der Waals surface area contributed by atoms with E-state index in [-0.39, 0.29) is 24.7 Å². The molecule has 0 aliphatic rings. The number of amides is 1. The molecule has 2 aromatic rings. The van der Waals surface area contributed by atoms with Crippen molar-refractivity contribution in [3.05, 3.63) is 64.7 Å². The second kappa shape index (κ2) is 7.33. The Balaban J connectivity index is 1.96. The van der Waals surface area contributed by atoms with Gasteiger partial charge in [0.15, 0.2) is 0 Å². The molecule has 116 valence electrons. The highest BCUT2D eigenvalue weighted by Crippen LogP contribution is 2.20. The van der Waals surface area contributed by atoms with Gasteiger partial charge in [-0.05, 0) is 31.3 Å². The maximum atomic E-state index is 13.7. The van der Waals surface area contributed by atoms with Crippen LogP contribution in [0.1, 0.15) is 5.56 Å². The van der Waals surface area contributed by atoms with Gasteiger partial charge in [0.2, 0.25) is 5.91 Å². The third-order valence-corrected chi connectivity index (χ3v) is 3.41. The summed E-state index contributed by atoms with van der Waals surface area (Å²) in [6.45, 7) is 0.162. The molecule has 0 saturated carbocycles. The number of benzene rings is 2. The first-order valence-electron chi connectivity index (χ1n) is 6.63. The van der Waals surface area contributed by atoms with Gasteiger partial charge in [-0.3, -0.25) is 9.69 Å². The van der Waals surface area contributed by atoms with Crippen molar-refractivity contribution in [2.75, 3.05) is 18.9 Å². The van der Waals surface area contributed by atoms with Crippen molar-refractivity contribution >= 4 is 23.2 Å². The number of nitrogens with zero attached hydrogens (tertiary/aromatic N) is 1. The second-order valence-corrected chi connectivity index (χ2v) is 5.31. The molecule has 0 unspecified atom stereocenters. The second-order valence-electron chi connectivity index (χ2n) is 4.90. The topological polar surface area (TPSA) is 32.3 Å². The summed E-state index contributed by atoms with van der Waals surface area (Å²) in [6.07, 6.45) is 0. The summed E-state index contributed by atoms with van der Waals surface area (Å²) in [4.78, 5) is 13.5. The quantitative estimate of drug-likeness (QED) is 0.909. The van der Waals surface area contributed by atoms with Gasteiger partial charge in [-0.1, -0.05) is 29.8 Å². The zero-order valence-corrected chi connectivity index (χ0v) is 12.7. The molecule has 0 bridgehead atoms. The summed E-state index contributed by atoms with van der Waals surface area (Å²) in [5, 5.41) is 2.78. The van der Waals surface area contributed by atoms with Crippen molar-refractivity contribution in [3.8, 4) is 0 Å². The van der Waals surface area contributed by atoms with Crippen LogP contribution in [-0.2, 0) is 11.3 Å². The molecule has 0 aliphatic carbocycles. The highest BCUT2D eigenvalue weighted by Gasteiger charge is 2.13. The number of likely N-dealkylation sites (N-methyl/N-ethyl adjacent to an activating group) is 1. The highest BCUT2D eigenvalue weighted by atomic mass is 35.5. The lowest BCUT2D eigenvalue weighted by Gasteiger charge is -2.17. The van der Waals surface area contributed by atoms with Gasteiger partial charge in [-0.2, -0.15) is 0 Å². The molecule has 0 fully saturated rings. The molecular formula is C16H15ClF2N2O. The lowest BCUT2D eigenvalue weighted by molar-refractivity contribution is -0.117. The fourth-order valence-corrected chi connectivity index (χ4v) is 2.23. The minimum absolute atomic E-state index is 0.0149. The van der Waals surface area contributed by atoms with Gasteiger partial charge in [0, 0.05) is 17.1 Å². The highest BCUT2D eigenvalue weighted by molar-refractivity contribution is 6.31. The van der Waals surface area contributed by atoms with Crippen LogP contribution in [0.15, 0.2) is 42.5 Å². The third kappa shape index (κ3) is 4.26. The Kier molecular flexibility index (Phi) is 5.46. The first kappa shape index (κ1) is 16.4. The largest absolute Gasteiger partial charge is 0.322 e. The molecule has 0 atom stereocenters. The first-order valence-corrected chi connectivity index (χ1v) is 7.01. The summed E-state index contributed by atoms with van der Waals surface area (Å²) in [6, 6.07) is 10.3. The molecule has 0 spiro atoms. The van der Waals surface area contributed by atoms with Gasteiger partial charge in [-0.25, -0.2) is 8.78 Å². The number of hydrogen-bond acceptors (Lipinski definition) is 2. The molecule has 2 aromatic carbocycles. The lowest BCUT2D eigenvalue weighted by Crippen LogP contribution is -2.30. The Morgan fingerprint density at radius 3 is 2.50 bits per heavy atom. The van der Waals surface area contributed by atoms with Crippen LogP contribution in [-0.4, -0.2) is 24.4 Å². The predicted octanol–water partition coefficient (Wildman–Crippen LogP) is 3.69. The van der Waals surface area contributed by atoms with Gasteiger partial charge in [0.05, 0.1) is 12.2 Å². The maximum absolute atomic E-state index is 13.7. The van der Waals surface area contributed by atoms with Gasteiger partial charge < -0.3 is 5.32 Å². The predicted molar refractivity (Wildman–Crippen MR) is 82.8 cm³/mol. The third-order valence-electron chi connectivity index (χ3n) is 3.05. The zero-order chi connectivity index (χ0) is 16.1. The number of nitrogens with one attached hydrogen (secondary N) is 1. The summed E-state index contributed by atoms with van der Waals surface area (Å²) >= 11 is 5.94. The average molecular weight is 325 g/mol. The van der Waals surface area contributed by atoms with E-state index >= 15 is 0 Å². The van der Waals surface area contributed by atoms with Crippen LogP contribution in [0.3, 0.4) is 0 Å². The maximum Gasteiger partial charge on any atom is 0.238 e. The Morgan fingerprint density at radius 2 is 1.82 bits per heavy atom. The standard InChI is InChI=1S/C16H15ClF2N2O/c1-21(9-11-12(17)5-4-7-13(11)18)10-16(22)20-15-8-3-2-6-14(15)19/h2-8H,9-10H2,1H3,(H,20,22). The summed E-state index contributed by atoms with van der Waals surface area (Å²) in [5.41, 5.74) is 0.440. The van der Waals surface area contributed by atoms with E-state index in [1.807, 2.05) is 0 Å². The van der Waals surface area contributed by atoms with Gasteiger partial charge in [-0.15, -0.1) is 0 Å². The Bertz CT molecular complexity index is 659. The molecule has 0 saturated heterocycles. The van der Waals surface area contributed by atoms with Crippen LogP contribution in [0.2, 0.25) is 5.02 Å². The van der Waals surface area contributed by atoms with E-state index in [0.29, 0.717) is 10.6 Å². The molecule has 22 heavy (non-hydrogen) atoms. The molecule has 6 heteroatoms. The van der Waals surface area contributed by atoms with Crippen LogP contribution in [0, 0.1) is 11.6 Å². The number of halogens is 3. The number of carbonyl (C=O) groups excluding carboxylic acids is 1. The van der Waals surface area contributed by atoms with Crippen molar-refractivity contribution in [3.63, 3.8) is 0 Å². The fourth-order valence-electron chi connectivity index (χ4n) is 2.01. The molecule has 0 aliphatic heterocycles. The molecule has 1 N–H and O–H groups in total. The average Bonchev–Trinajstić information content (AvgIpc) is 2.45. The Hall–Kier alpha value is -1.98. The summed E-state index contributed by atoms with van der Waals surface area (Å²) in [5.74, 6) is -1.32. The van der Waals surface area contributed by atoms with E-state index in [2.05, 4.69) is 5.32 Å². The van der Waals surface area contributed by atoms with E-state index in [1.165, 1.54) is 30.3 Å². The molecule has 0 radical (unpaired) electrons. The number of anilines is 1. The summed E-state index contributed by atoms with van der Waals surface area (Å²) in [7, 11) is 1.66. The molecule has 1 amide bonds. The molecule has 0 heterocycles. The Labute approximate surface area is 132 Å². The number of para-hydroxylation sites is 1. The zero-order valence-electron chi connectivity index (χ0n) is 11.9. The van der Waals surface area contributed by atoms with Gasteiger partial charge in [0.1, 0.15) is 11.6 Å². The van der Waals surface area contributed by atoms with E-state index in [0.717, 1.165) is 0 Å². The van der Waals surface area contributed by atoms with E-state index in [9.17, 15) is 13.6 Å². The van der Waals surface area contributed by atoms with E-state index < -0.39 is 11.6 Å². The van der Waals surface area contributed by atoms with Gasteiger partial charge in [0.25, 0.3) is 0 Å². The van der Waals surface area contributed by atoms with Crippen LogP contribution in [0.4, 0.5) is 14.5 Å². The SMILES string of the molecule is CN(CC(=O)Nc1ccccc1F)Cc1c(F)cccc1Cl. The van der Waals surface area contributed by atoms with Crippen LogP contribution < -0.4 is 5.32 Å². The first-order chi connectivity index (χ1) is 10.5. The van der Waals surface area contributed by atoms with Crippen molar-refractivity contribution < 1.29 is 13.6 Å².